The molecular formula is C16H16ClNO2. The molecule has 0 atom stereocenters. The van der Waals surface area contributed by atoms with Gasteiger partial charge in [0.2, 0.25) is 0 Å². The molecule has 2 aromatic rings. The van der Waals surface area contributed by atoms with Crippen LogP contribution < -0.4 is 5.32 Å². The third-order valence-electron chi connectivity index (χ3n) is 3.28. The maximum atomic E-state index is 11.8. The summed E-state index contributed by atoms with van der Waals surface area (Å²) in [7, 11) is 1.37. The number of hydrogen-bond donors (Lipinski definition) is 1. The lowest BCUT2D eigenvalue weighted by atomic mass is 10.1. The van der Waals surface area contributed by atoms with Crippen molar-refractivity contribution in [2.45, 2.75) is 13.8 Å². The van der Waals surface area contributed by atoms with Crippen LogP contribution in [0.1, 0.15) is 21.5 Å². The third-order valence-corrected chi connectivity index (χ3v) is 3.59. The highest BCUT2D eigenvalue weighted by molar-refractivity contribution is 6.33. The Morgan fingerprint density at radius 3 is 2.55 bits per heavy atom. The lowest BCUT2D eigenvalue weighted by molar-refractivity contribution is 0.0602. The Hall–Kier alpha value is -2.00. The zero-order chi connectivity index (χ0) is 14.7. The summed E-state index contributed by atoms with van der Waals surface area (Å²) in [6, 6.07) is 11.0. The second-order valence-corrected chi connectivity index (χ2v) is 4.93. The molecule has 0 bridgehead atoms. The van der Waals surface area contributed by atoms with E-state index >= 15 is 0 Å². The average Bonchev–Trinajstić information content (AvgIpc) is 2.47. The SMILES string of the molecule is COC(=O)c1ccccc1Nc1c(Cl)ccc(C)c1C. The number of rotatable bonds is 3. The maximum Gasteiger partial charge on any atom is 0.339 e. The number of nitrogens with one attached hydrogen (secondary N) is 1. The van der Waals surface area contributed by atoms with Gasteiger partial charge < -0.3 is 10.1 Å². The molecule has 0 spiro atoms. The van der Waals surface area contributed by atoms with Gasteiger partial charge in [-0.1, -0.05) is 29.8 Å². The van der Waals surface area contributed by atoms with Crippen LogP contribution in [0.4, 0.5) is 11.4 Å². The van der Waals surface area contributed by atoms with Crippen LogP contribution in [-0.4, -0.2) is 13.1 Å². The number of benzene rings is 2. The van der Waals surface area contributed by atoms with E-state index in [4.69, 9.17) is 16.3 Å². The average molecular weight is 290 g/mol. The Bertz CT molecular complexity index is 653. The van der Waals surface area contributed by atoms with Crippen LogP contribution in [0.25, 0.3) is 0 Å². The molecule has 0 aliphatic carbocycles. The smallest absolute Gasteiger partial charge is 0.339 e. The summed E-state index contributed by atoms with van der Waals surface area (Å²) >= 11 is 6.24. The monoisotopic (exact) mass is 289 g/mol. The molecule has 0 aromatic heterocycles. The molecule has 3 nitrogen and oxygen atoms in total. The van der Waals surface area contributed by atoms with Crippen LogP contribution in [0, 0.1) is 13.8 Å². The van der Waals surface area contributed by atoms with Crippen molar-refractivity contribution < 1.29 is 9.53 Å². The summed E-state index contributed by atoms with van der Waals surface area (Å²) in [5.41, 5.74) is 4.15. The highest BCUT2D eigenvalue weighted by Crippen LogP contribution is 2.32. The van der Waals surface area contributed by atoms with Crippen LogP contribution in [0.5, 0.6) is 0 Å². The van der Waals surface area contributed by atoms with E-state index in [1.54, 1.807) is 12.1 Å². The molecule has 104 valence electrons. The Morgan fingerprint density at radius 2 is 1.85 bits per heavy atom. The van der Waals surface area contributed by atoms with Crippen molar-refractivity contribution in [3.05, 3.63) is 58.1 Å². The summed E-state index contributed by atoms with van der Waals surface area (Å²) in [5.74, 6) is -0.380. The first-order valence-electron chi connectivity index (χ1n) is 6.24. The summed E-state index contributed by atoms with van der Waals surface area (Å²) in [4.78, 5) is 11.8. The molecule has 0 radical (unpaired) electrons. The van der Waals surface area contributed by atoms with E-state index in [1.807, 2.05) is 38.1 Å². The predicted molar refractivity (Wildman–Crippen MR) is 82.0 cm³/mol. The third kappa shape index (κ3) is 2.78. The molecule has 0 aliphatic rings. The molecular weight excluding hydrogens is 274 g/mol. The first-order chi connectivity index (χ1) is 9.54. The van der Waals surface area contributed by atoms with Crippen molar-refractivity contribution in [2.24, 2.45) is 0 Å². The molecule has 0 saturated carbocycles. The van der Waals surface area contributed by atoms with Crippen LogP contribution in [0.15, 0.2) is 36.4 Å². The van der Waals surface area contributed by atoms with Gasteiger partial charge in [-0.2, -0.15) is 0 Å². The second kappa shape index (κ2) is 5.97. The molecule has 2 aromatic carbocycles. The van der Waals surface area contributed by atoms with Crippen molar-refractivity contribution >= 4 is 28.9 Å². The standard InChI is InChI=1S/C16H16ClNO2/c1-10-8-9-13(17)15(11(10)2)18-14-7-5-4-6-12(14)16(19)20-3/h4-9,18H,1-3H3. The number of aryl methyl sites for hydroxylation is 1. The minimum absolute atomic E-state index is 0.380. The molecule has 0 amide bonds. The van der Waals surface area contributed by atoms with Crippen molar-refractivity contribution in [1.82, 2.24) is 0 Å². The number of anilines is 2. The number of hydrogen-bond acceptors (Lipinski definition) is 3. The van der Waals surface area contributed by atoms with Crippen molar-refractivity contribution in [3.8, 4) is 0 Å². The van der Waals surface area contributed by atoms with Gasteiger partial charge in [0.15, 0.2) is 0 Å². The van der Waals surface area contributed by atoms with E-state index in [0.29, 0.717) is 16.3 Å². The van der Waals surface area contributed by atoms with Gasteiger partial charge in [-0.15, -0.1) is 0 Å². The summed E-state index contributed by atoms with van der Waals surface area (Å²) in [6.07, 6.45) is 0. The molecule has 0 aliphatic heterocycles. The van der Waals surface area contributed by atoms with E-state index in [-0.39, 0.29) is 5.97 Å². The fraction of sp³-hybridized carbons (Fsp3) is 0.188. The Balaban J connectivity index is 2.46. The lowest BCUT2D eigenvalue weighted by Gasteiger charge is -2.15. The largest absolute Gasteiger partial charge is 0.465 e. The Morgan fingerprint density at radius 1 is 1.15 bits per heavy atom. The maximum absolute atomic E-state index is 11.8. The van der Waals surface area contributed by atoms with Crippen LogP contribution in [0.2, 0.25) is 5.02 Å². The zero-order valence-electron chi connectivity index (χ0n) is 11.7. The van der Waals surface area contributed by atoms with Crippen LogP contribution >= 0.6 is 11.6 Å². The normalized spacial score (nSPS) is 10.2. The minimum Gasteiger partial charge on any atom is -0.465 e. The number of ether oxygens (including phenoxy) is 1. The summed E-state index contributed by atoms with van der Waals surface area (Å²) in [6.45, 7) is 4.01. The van der Waals surface area contributed by atoms with E-state index in [0.717, 1.165) is 16.8 Å². The number of para-hydroxylation sites is 1. The van der Waals surface area contributed by atoms with Crippen molar-refractivity contribution in [2.75, 3.05) is 12.4 Å². The van der Waals surface area contributed by atoms with E-state index < -0.39 is 0 Å². The van der Waals surface area contributed by atoms with E-state index in [2.05, 4.69) is 5.32 Å². The van der Waals surface area contributed by atoms with Gasteiger partial charge in [-0.3, -0.25) is 0 Å². The highest BCUT2D eigenvalue weighted by atomic mass is 35.5. The van der Waals surface area contributed by atoms with Gasteiger partial charge in [0.05, 0.1) is 29.1 Å². The number of methoxy groups -OCH3 is 1. The zero-order valence-corrected chi connectivity index (χ0v) is 12.4. The van der Waals surface area contributed by atoms with Crippen molar-refractivity contribution in [1.29, 1.82) is 0 Å². The Labute approximate surface area is 123 Å². The van der Waals surface area contributed by atoms with Gasteiger partial charge in [0, 0.05) is 0 Å². The molecule has 2 rings (SSSR count). The topological polar surface area (TPSA) is 38.3 Å². The Kier molecular flexibility index (Phi) is 4.30. The second-order valence-electron chi connectivity index (χ2n) is 4.53. The van der Waals surface area contributed by atoms with E-state index in [9.17, 15) is 4.79 Å². The quantitative estimate of drug-likeness (QED) is 0.846. The van der Waals surface area contributed by atoms with E-state index in [1.165, 1.54) is 7.11 Å². The van der Waals surface area contributed by atoms with Gasteiger partial charge in [-0.05, 0) is 43.2 Å². The molecule has 1 N–H and O–H groups in total. The van der Waals surface area contributed by atoms with Crippen LogP contribution in [0.3, 0.4) is 0 Å². The first kappa shape index (κ1) is 14.4. The number of carbonyl (C=O) groups excluding carboxylic acids is 1. The highest BCUT2D eigenvalue weighted by Gasteiger charge is 2.13. The predicted octanol–water partition coefficient (Wildman–Crippen LogP) is 4.49. The number of halogens is 1. The van der Waals surface area contributed by atoms with Crippen LogP contribution in [-0.2, 0) is 4.74 Å². The first-order valence-corrected chi connectivity index (χ1v) is 6.62. The van der Waals surface area contributed by atoms with Gasteiger partial charge in [0.25, 0.3) is 0 Å². The molecule has 0 saturated heterocycles. The fourth-order valence-electron chi connectivity index (χ4n) is 1.95. The van der Waals surface area contributed by atoms with Gasteiger partial charge in [0.1, 0.15) is 0 Å². The summed E-state index contributed by atoms with van der Waals surface area (Å²) < 4.78 is 4.79. The van der Waals surface area contributed by atoms with Gasteiger partial charge >= 0.3 is 5.97 Å². The molecule has 0 fully saturated rings. The molecule has 0 unspecified atom stereocenters. The lowest BCUT2D eigenvalue weighted by Crippen LogP contribution is -2.06. The minimum atomic E-state index is -0.380. The fourth-order valence-corrected chi connectivity index (χ4v) is 2.20. The van der Waals surface area contributed by atoms with Gasteiger partial charge in [-0.25, -0.2) is 4.79 Å². The molecule has 0 heterocycles. The summed E-state index contributed by atoms with van der Waals surface area (Å²) in [5, 5.41) is 3.85. The number of carbonyl (C=O) groups is 1. The number of esters is 1. The molecule has 4 heteroatoms. The van der Waals surface area contributed by atoms with Crippen molar-refractivity contribution in [3.63, 3.8) is 0 Å². The molecule has 20 heavy (non-hydrogen) atoms.